The molecule has 1 saturated heterocycles. The summed E-state index contributed by atoms with van der Waals surface area (Å²) in [4.78, 5) is 30.7. The number of aliphatic carboxylic acids is 1. The Morgan fingerprint density at radius 3 is 2.67 bits per heavy atom. The lowest BCUT2D eigenvalue weighted by Crippen LogP contribution is -2.33. The van der Waals surface area contributed by atoms with Crippen LogP contribution in [-0.2, 0) is 16.1 Å². The first-order valence-corrected chi connectivity index (χ1v) is 8.10. The fraction of sp³-hybridized carbons (Fsp3) is 0.571. The summed E-state index contributed by atoms with van der Waals surface area (Å²) in [6.07, 6.45) is -3.73. The first-order valence-electron chi connectivity index (χ1n) is 8.10. The van der Waals surface area contributed by atoms with Crippen molar-refractivity contribution in [2.45, 2.75) is 43.5 Å². The van der Waals surface area contributed by atoms with Crippen molar-refractivity contribution in [3.63, 3.8) is 0 Å². The Kier molecular flexibility index (Phi) is 5.12. The third-order valence-electron chi connectivity index (χ3n) is 4.49. The molecule has 1 aliphatic rings. The van der Waals surface area contributed by atoms with Gasteiger partial charge in [-0.1, -0.05) is 0 Å². The second-order valence-corrected chi connectivity index (χ2v) is 6.21. The summed E-state index contributed by atoms with van der Waals surface area (Å²) in [6, 6.07) is -1.16. The lowest BCUT2D eigenvalue weighted by Gasteiger charge is -2.20. The van der Waals surface area contributed by atoms with Gasteiger partial charge in [0.1, 0.15) is 24.4 Å². The maximum absolute atomic E-state index is 12.1. The maximum Gasteiger partial charge on any atom is 0.320 e. The molecule has 148 valence electrons. The number of rotatable bonds is 6. The summed E-state index contributed by atoms with van der Waals surface area (Å²) in [7, 11) is 0. The molecule has 13 heteroatoms. The van der Waals surface area contributed by atoms with Gasteiger partial charge >= 0.3 is 11.5 Å². The van der Waals surface area contributed by atoms with Crippen LogP contribution < -0.4 is 17.0 Å². The lowest BCUT2D eigenvalue weighted by atomic mass is 10.1. The van der Waals surface area contributed by atoms with Crippen molar-refractivity contribution in [3.05, 3.63) is 16.7 Å². The van der Waals surface area contributed by atoms with E-state index in [0.717, 1.165) is 0 Å². The van der Waals surface area contributed by atoms with Crippen LogP contribution in [0.25, 0.3) is 11.2 Å². The molecule has 0 radical (unpaired) electrons. The quantitative estimate of drug-likeness (QED) is 0.288. The van der Waals surface area contributed by atoms with Crippen LogP contribution in [0.3, 0.4) is 0 Å². The number of ether oxygens (including phenoxy) is 1. The molecule has 2 aromatic heterocycles. The van der Waals surface area contributed by atoms with Gasteiger partial charge in [-0.05, 0) is 6.42 Å². The average molecular weight is 384 g/mol. The molecule has 0 bridgehead atoms. The number of carboxylic acids is 1. The highest BCUT2D eigenvalue weighted by Crippen LogP contribution is 2.31. The van der Waals surface area contributed by atoms with Gasteiger partial charge in [0.15, 0.2) is 17.4 Å². The largest absolute Gasteiger partial charge is 0.480 e. The second-order valence-electron chi connectivity index (χ2n) is 6.21. The molecular weight excluding hydrogens is 364 g/mol. The number of nitrogens with zero attached hydrogens (tertiary/aromatic N) is 4. The van der Waals surface area contributed by atoms with Crippen molar-refractivity contribution < 1.29 is 30.0 Å². The number of aliphatic hydroxyl groups is 3. The molecule has 1 unspecified atom stereocenters. The molecule has 27 heavy (non-hydrogen) atoms. The average Bonchev–Trinajstić information content (AvgIpc) is 3.17. The molecule has 5 atom stereocenters. The molecule has 3 rings (SSSR count). The van der Waals surface area contributed by atoms with Gasteiger partial charge in [-0.3, -0.25) is 18.7 Å². The van der Waals surface area contributed by atoms with Crippen molar-refractivity contribution in [3.8, 4) is 0 Å². The number of nitrogens with two attached hydrogens (primary N) is 2. The minimum Gasteiger partial charge on any atom is -0.480 e. The Bertz CT molecular complexity index is 911. The summed E-state index contributed by atoms with van der Waals surface area (Å²) in [5.41, 5.74) is 10.7. The molecular formula is C14H20N6O7. The molecule has 0 aliphatic carbocycles. The van der Waals surface area contributed by atoms with Crippen LogP contribution in [0.4, 0.5) is 5.95 Å². The highest BCUT2D eigenvalue weighted by molar-refractivity contribution is 5.73. The van der Waals surface area contributed by atoms with E-state index in [-0.39, 0.29) is 30.1 Å². The molecule has 13 nitrogen and oxygen atoms in total. The Balaban J connectivity index is 2.07. The van der Waals surface area contributed by atoms with E-state index in [2.05, 4.69) is 9.97 Å². The molecule has 3 heterocycles. The van der Waals surface area contributed by atoms with E-state index >= 15 is 0 Å². The zero-order valence-corrected chi connectivity index (χ0v) is 14.0. The second kappa shape index (κ2) is 7.21. The van der Waals surface area contributed by atoms with E-state index in [1.54, 1.807) is 0 Å². The molecule has 8 N–H and O–H groups in total. The first-order chi connectivity index (χ1) is 12.8. The molecule has 0 amide bonds. The predicted octanol–water partition coefficient (Wildman–Crippen LogP) is -3.41. The maximum atomic E-state index is 12.1. The zero-order chi connectivity index (χ0) is 19.9. The topological polar surface area (TPSA) is 212 Å². The number of aromatic nitrogens is 4. The van der Waals surface area contributed by atoms with Gasteiger partial charge in [-0.15, -0.1) is 0 Å². The highest BCUT2D eigenvalue weighted by Gasteiger charge is 2.44. The predicted molar refractivity (Wildman–Crippen MR) is 89.4 cm³/mol. The summed E-state index contributed by atoms with van der Waals surface area (Å²) in [6.45, 7) is -0.519. The van der Waals surface area contributed by atoms with Gasteiger partial charge in [0.25, 0.3) is 0 Å². The zero-order valence-electron chi connectivity index (χ0n) is 14.0. The van der Waals surface area contributed by atoms with Crippen LogP contribution >= 0.6 is 0 Å². The van der Waals surface area contributed by atoms with Gasteiger partial charge in [-0.2, -0.15) is 4.98 Å². The highest BCUT2D eigenvalue weighted by atomic mass is 16.6. The summed E-state index contributed by atoms with van der Waals surface area (Å²) < 4.78 is 8.08. The van der Waals surface area contributed by atoms with Crippen LogP contribution in [0.2, 0.25) is 0 Å². The molecule has 1 aliphatic heterocycles. The molecule has 0 aromatic carbocycles. The number of hydrogen-bond acceptors (Lipinski definition) is 10. The monoisotopic (exact) mass is 384 g/mol. The molecule has 1 fully saturated rings. The van der Waals surface area contributed by atoms with Crippen LogP contribution in [0, 0.1) is 0 Å². The van der Waals surface area contributed by atoms with Crippen LogP contribution in [0.5, 0.6) is 0 Å². The van der Waals surface area contributed by atoms with Gasteiger partial charge in [-0.25, -0.2) is 4.98 Å². The number of nitrogen functional groups attached to an aromatic ring is 1. The van der Waals surface area contributed by atoms with E-state index in [9.17, 15) is 24.9 Å². The lowest BCUT2D eigenvalue weighted by molar-refractivity contribution is -0.138. The third-order valence-corrected chi connectivity index (χ3v) is 4.49. The van der Waals surface area contributed by atoms with Crippen molar-refractivity contribution in [1.82, 2.24) is 19.1 Å². The van der Waals surface area contributed by atoms with Crippen molar-refractivity contribution in [2.75, 3.05) is 12.3 Å². The number of carboxylic acid groups (broad SMARTS) is 1. The standard InChI is InChI=1S/C14H20N6O7/c15-5(13(25)26)1-2-19-11-7(10(24)18-14(19)16)17-4-20(11)12-9(23)8(22)6(3-21)27-12/h4-6,8-9,12,21-23H,1-3,15H2,(H,25,26)(H2,16,18,24)/t5?,6-,8-,9-,12-/m1/s1. The van der Waals surface area contributed by atoms with E-state index in [1.807, 2.05) is 0 Å². The Morgan fingerprint density at radius 2 is 2.07 bits per heavy atom. The van der Waals surface area contributed by atoms with Crippen molar-refractivity contribution >= 4 is 23.1 Å². The number of imidazole rings is 1. The number of aliphatic hydroxyl groups excluding tert-OH is 3. The Hall–Kier alpha value is -2.58. The van der Waals surface area contributed by atoms with E-state index in [0.29, 0.717) is 0 Å². The fourth-order valence-electron chi connectivity index (χ4n) is 3.01. The summed E-state index contributed by atoms with van der Waals surface area (Å²) in [5, 5.41) is 38.4. The van der Waals surface area contributed by atoms with E-state index < -0.39 is 48.7 Å². The van der Waals surface area contributed by atoms with Crippen molar-refractivity contribution in [2.24, 2.45) is 5.73 Å². The van der Waals surface area contributed by atoms with Crippen LogP contribution in [0.1, 0.15) is 12.6 Å². The fourth-order valence-corrected chi connectivity index (χ4v) is 3.01. The number of anilines is 1. The third kappa shape index (κ3) is 3.26. The van der Waals surface area contributed by atoms with Crippen LogP contribution in [0.15, 0.2) is 11.1 Å². The molecule has 0 saturated carbocycles. The number of fused-ring (bicyclic) bond motifs is 1. The number of aryl methyl sites for hydroxylation is 1. The van der Waals surface area contributed by atoms with Gasteiger partial charge in [0.2, 0.25) is 5.95 Å². The Morgan fingerprint density at radius 1 is 1.37 bits per heavy atom. The Labute approximate surface area is 151 Å². The minimum atomic E-state index is -1.40. The summed E-state index contributed by atoms with van der Waals surface area (Å²) >= 11 is 0. The molecule has 2 aromatic rings. The van der Waals surface area contributed by atoms with Crippen molar-refractivity contribution in [1.29, 1.82) is 0 Å². The van der Waals surface area contributed by atoms with Gasteiger partial charge in [0.05, 0.1) is 12.9 Å². The number of hydrogen-bond donors (Lipinski definition) is 6. The van der Waals surface area contributed by atoms with Gasteiger partial charge in [0, 0.05) is 6.54 Å². The normalized spacial score (nSPS) is 26.5. The molecule has 0 spiro atoms. The van der Waals surface area contributed by atoms with Gasteiger partial charge < -0.3 is 36.6 Å². The summed E-state index contributed by atoms with van der Waals surface area (Å²) in [5.74, 6) is -1.39. The van der Waals surface area contributed by atoms with E-state index in [4.69, 9.17) is 21.3 Å². The minimum absolute atomic E-state index is 0.00354. The van der Waals surface area contributed by atoms with E-state index in [1.165, 1.54) is 15.5 Å². The smallest absolute Gasteiger partial charge is 0.320 e. The van der Waals surface area contributed by atoms with Crippen LogP contribution in [-0.4, -0.2) is 76.5 Å². The number of carbonyl (C=O) groups is 1. The first kappa shape index (κ1) is 19.2. The SMILES string of the molecule is Nc1nc(=O)c2ncn([C@@H]3O[C@H](CO)[C@@H](O)[C@H]3O)c2n1CCC(N)C(=O)O.